The minimum Gasteiger partial charge on any atom is -0.622 e. The monoisotopic (exact) mass is 356 g/mol. The van der Waals surface area contributed by atoms with Gasteiger partial charge in [0.15, 0.2) is 0 Å². The lowest BCUT2D eigenvalue weighted by molar-refractivity contribution is 0.00569. The van der Waals surface area contributed by atoms with Gasteiger partial charge in [-0.15, -0.1) is 0 Å². The zero-order valence-corrected chi connectivity index (χ0v) is 14.3. The highest BCUT2D eigenvalue weighted by Gasteiger charge is 2.45. The summed E-state index contributed by atoms with van der Waals surface area (Å²) in [5.41, 5.74) is 1.11. The normalized spacial score (nSPS) is 23.8. The topological polar surface area (TPSA) is 78.4 Å². The van der Waals surface area contributed by atoms with Crippen LogP contribution >= 0.6 is 11.3 Å². The molecule has 3 aromatic rings. The molecule has 1 aromatic carbocycles. The Kier molecular flexibility index (Phi) is 3.97. The molecule has 8 heteroatoms. The molecule has 0 saturated carbocycles. The van der Waals surface area contributed by atoms with Crippen molar-refractivity contribution in [2.24, 2.45) is 0 Å². The van der Waals surface area contributed by atoms with Gasteiger partial charge in [0.25, 0.3) is 11.4 Å². The third-order valence-corrected chi connectivity index (χ3v) is 5.28. The Morgan fingerprint density at radius 3 is 2.96 bits per heavy atom. The molecule has 4 rings (SSSR count). The molecule has 128 valence electrons. The molecule has 3 heterocycles. The van der Waals surface area contributed by atoms with Crippen molar-refractivity contribution in [1.29, 1.82) is 0 Å². The smallest absolute Gasteiger partial charge is 0.344 e. The van der Waals surface area contributed by atoms with Crippen LogP contribution < -0.4 is 4.65 Å². The van der Waals surface area contributed by atoms with E-state index in [1.807, 2.05) is 36.2 Å². The first-order valence-electron chi connectivity index (χ1n) is 7.81. The number of para-hydroxylation sites is 1. The number of hydroxylamine groups is 2. The number of thiazole rings is 1. The number of pyridine rings is 1. The lowest BCUT2D eigenvalue weighted by Crippen LogP contribution is -2.50. The standard InChI is InChI=1S/C17H16N4O3S/c1-20-10-15(24-16(22)12-5-4-8-18-9-12)21(23,11-20)17-19-13-6-2-3-7-14(13)25-17/h2-9,15H,10-11H2,1H3. The van der Waals surface area contributed by atoms with E-state index in [1.165, 1.54) is 17.5 Å². The summed E-state index contributed by atoms with van der Waals surface area (Å²) in [5.74, 6) is -0.548. The van der Waals surface area contributed by atoms with Crippen LogP contribution in [0.5, 0.6) is 0 Å². The van der Waals surface area contributed by atoms with E-state index < -0.39 is 16.8 Å². The molecule has 1 saturated heterocycles. The number of benzene rings is 1. The van der Waals surface area contributed by atoms with Gasteiger partial charge in [0.1, 0.15) is 6.67 Å². The number of esters is 1. The first-order chi connectivity index (χ1) is 12.1. The number of rotatable bonds is 3. The minimum absolute atomic E-state index is 0.185. The van der Waals surface area contributed by atoms with Crippen molar-refractivity contribution in [1.82, 2.24) is 19.5 Å². The van der Waals surface area contributed by atoms with E-state index in [9.17, 15) is 10.0 Å². The van der Waals surface area contributed by atoms with Crippen molar-refractivity contribution in [2.75, 3.05) is 20.3 Å². The van der Waals surface area contributed by atoms with Crippen LogP contribution in [0.15, 0.2) is 48.8 Å². The lowest BCUT2D eigenvalue weighted by Gasteiger charge is -2.38. The number of hydrogen-bond donors (Lipinski definition) is 0. The molecular weight excluding hydrogens is 340 g/mol. The number of hydrogen-bond acceptors (Lipinski definition) is 7. The minimum atomic E-state index is -0.863. The van der Waals surface area contributed by atoms with E-state index >= 15 is 0 Å². The average Bonchev–Trinajstić information content (AvgIpc) is 3.17. The summed E-state index contributed by atoms with van der Waals surface area (Å²) >= 11 is 1.34. The number of carbonyl (C=O) groups excluding carboxylic acids is 1. The van der Waals surface area contributed by atoms with Crippen LogP contribution in [-0.2, 0) is 4.74 Å². The molecule has 0 bridgehead atoms. The van der Waals surface area contributed by atoms with Gasteiger partial charge in [0.2, 0.25) is 0 Å². The van der Waals surface area contributed by atoms with Gasteiger partial charge in [-0.3, -0.25) is 9.63 Å². The van der Waals surface area contributed by atoms with Crippen molar-refractivity contribution in [2.45, 2.75) is 6.23 Å². The molecule has 0 aliphatic carbocycles. The van der Waals surface area contributed by atoms with Gasteiger partial charge in [-0.1, -0.05) is 23.5 Å². The third-order valence-electron chi connectivity index (χ3n) is 4.13. The van der Waals surface area contributed by atoms with E-state index in [2.05, 4.69) is 9.97 Å². The molecule has 25 heavy (non-hydrogen) atoms. The third kappa shape index (κ3) is 2.89. The predicted molar refractivity (Wildman–Crippen MR) is 95.7 cm³/mol. The zero-order chi connectivity index (χ0) is 17.4. The Bertz CT molecular complexity index is 883. The van der Waals surface area contributed by atoms with Crippen molar-refractivity contribution >= 4 is 32.7 Å². The van der Waals surface area contributed by atoms with Gasteiger partial charge in [0.05, 0.1) is 22.3 Å². The summed E-state index contributed by atoms with van der Waals surface area (Å²) in [6, 6.07) is 10.9. The quantitative estimate of drug-likeness (QED) is 0.408. The van der Waals surface area contributed by atoms with Gasteiger partial charge in [-0.05, 0) is 31.3 Å². The summed E-state index contributed by atoms with van der Waals surface area (Å²) in [6.07, 6.45) is 2.14. The maximum absolute atomic E-state index is 13.5. The van der Waals surface area contributed by atoms with Crippen molar-refractivity contribution < 1.29 is 9.53 Å². The molecule has 1 aliphatic rings. The Morgan fingerprint density at radius 2 is 2.20 bits per heavy atom. The molecule has 0 spiro atoms. The molecule has 1 aliphatic heterocycles. The number of likely N-dealkylation sites (N-methyl/N-ethyl adjacent to an activating group) is 1. The van der Waals surface area contributed by atoms with Gasteiger partial charge < -0.3 is 9.94 Å². The number of quaternary nitrogens is 1. The molecule has 7 nitrogen and oxygen atoms in total. The van der Waals surface area contributed by atoms with Crippen LogP contribution in [-0.4, -0.2) is 47.3 Å². The van der Waals surface area contributed by atoms with Crippen LogP contribution in [0.1, 0.15) is 10.4 Å². The summed E-state index contributed by atoms with van der Waals surface area (Å²) in [6.45, 7) is 0.538. The van der Waals surface area contributed by atoms with Gasteiger partial charge in [0, 0.05) is 12.4 Å². The highest BCUT2D eigenvalue weighted by molar-refractivity contribution is 7.22. The molecule has 0 amide bonds. The number of aromatic nitrogens is 2. The van der Waals surface area contributed by atoms with E-state index in [-0.39, 0.29) is 6.67 Å². The van der Waals surface area contributed by atoms with Crippen LogP contribution in [0.2, 0.25) is 0 Å². The maximum Gasteiger partial charge on any atom is 0.344 e. The number of fused-ring (bicyclic) bond motifs is 1. The van der Waals surface area contributed by atoms with Gasteiger partial charge in [-0.2, -0.15) is 4.98 Å². The van der Waals surface area contributed by atoms with Crippen molar-refractivity contribution in [3.63, 3.8) is 0 Å². The molecule has 2 atom stereocenters. The SMILES string of the molecule is CN1CC(OC(=O)c2cccnc2)[N+]([O-])(c2nc3ccccc3s2)C1. The number of carbonyl (C=O) groups is 1. The zero-order valence-electron chi connectivity index (χ0n) is 13.5. The Labute approximate surface area is 148 Å². The summed E-state index contributed by atoms with van der Waals surface area (Å²) in [5, 5.41) is 13.9. The second kappa shape index (κ2) is 6.16. The lowest BCUT2D eigenvalue weighted by atomic mass is 10.3. The number of ether oxygens (including phenoxy) is 1. The Morgan fingerprint density at radius 1 is 1.36 bits per heavy atom. The first-order valence-corrected chi connectivity index (χ1v) is 8.62. The summed E-state index contributed by atoms with van der Waals surface area (Å²) < 4.78 is 5.69. The second-order valence-electron chi connectivity index (χ2n) is 6.04. The Balaban J connectivity index is 1.65. The maximum atomic E-state index is 13.5. The fraction of sp³-hybridized carbons (Fsp3) is 0.235. The van der Waals surface area contributed by atoms with E-state index in [0.717, 1.165) is 10.2 Å². The summed E-state index contributed by atoms with van der Waals surface area (Å²) in [7, 11) is 1.83. The van der Waals surface area contributed by atoms with E-state index in [1.54, 1.807) is 18.3 Å². The Hall–Kier alpha value is -2.39. The number of nitrogens with zero attached hydrogens (tertiary/aromatic N) is 4. The first kappa shape index (κ1) is 16.1. The molecule has 2 aromatic heterocycles. The summed E-state index contributed by atoms with van der Waals surface area (Å²) in [4.78, 5) is 22.6. The van der Waals surface area contributed by atoms with Crippen LogP contribution in [0, 0.1) is 5.21 Å². The molecule has 0 N–H and O–H groups in total. The molecule has 2 unspecified atom stereocenters. The van der Waals surface area contributed by atoms with Gasteiger partial charge >= 0.3 is 5.97 Å². The predicted octanol–water partition coefficient (Wildman–Crippen LogP) is 2.58. The molecule has 1 fully saturated rings. The highest BCUT2D eigenvalue weighted by Crippen LogP contribution is 2.37. The second-order valence-corrected chi connectivity index (χ2v) is 7.05. The van der Waals surface area contributed by atoms with E-state index in [4.69, 9.17) is 4.74 Å². The highest BCUT2D eigenvalue weighted by atomic mass is 32.1. The van der Waals surface area contributed by atoms with Crippen LogP contribution in [0.3, 0.4) is 0 Å². The van der Waals surface area contributed by atoms with Crippen molar-refractivity contribution in [3.8, 4) is 0 Å². The molecular formula is C17H16N4O3S. The fourth-order valence-electron chi connectivity index (χ4n) is 2.91. The fourth-order valence-corrected chi connectivity index (χ4v) is 3.94. The largest absolute Gasteiger partial charge is 0.622 e. The average molecular weight is 356 g/mol. The van der Waals surface area contributed by atoms with Crippen molar-refractivity contribution in [3.05, 3.63) is 59.6 Å². The van der Waals surface area contributed by atoms with Gasteiger partial charge in [-0.25, -0.2) is 9.69 Å². The molecule has 0 radical (unpaired) electrons. The van der Waals surface area contributed by atoms with Crippen LogP contribution in [0.25, 0.3) is 10.2 Å². The van der Waals surface area contributed by atoms with E-state index in [0.29, 0.717) is 17.2 Å². The van der Waals surface area contributed by atoms with Crippen LogP contribution in [0.4, 0.5) is 5.13 Å².